The fourth-order valence-electron chi connectivity index (χ4n) is 1.94. The number of carboxylic acids is 1. The van der Waals surface area contributed by atoms with Crippen LogP contribution in [0.15, 0.2) is 48.5 Å². The third-order valence-electron chi connectivity index (χ3n) is 3.20. The monoisotopic (exact) mass is 285 g/mol. The number of aromatic carboxylic acids is 1. The van der Waals surface area contributed by atoms with Crippen LogP contribution in [0.5, 0.6) is 0 Å². The highest BCUT2D eigenvalue weighted by Crippen LogP contribution is 2.22. The van der Waals surface area contributed by atoms with Gasteiger partial charge >= 0.3 is 5.97 Å². The van der Waals surface area contributed by atoms with Gasteiger partial charge in [-0.3, -0.25) is 0 Å². The number of benzene rings is 2. The molecule has 0 spiro atoms. The highest BCUT2D eigenvalue weighted by molar-refractivity contribution is 5.89. The molecule has 0 aliphatic rings. The molecule has 0 amide bonds. The molecule has 21 heavy (non-hydrogen) atoms. The van der Waals surface area contributed by atoms with Gasteiger partial charge in [-0.1, -0.05) is 24.3 Å². The number of hydrogen-bond acceptors (Lipinski definition) is 4. The van der Waals surface area contributed by atoms with E-state index < -0.39 is 5.97 Å². The topological polar surface area (TPSA) is 101 Å². The Bertz CT molecular complexity index is 611. The first kappa shape index (κ1) is 15.0. The fraction of sp³-hybridized carbons (Fsp3) is 0.188. The molecule has 5 nitrogen and oxygen atoms in total. The van der Waals surface area contributed by atoms with Gasteiger partial charge in [0.2, 0.25) is 0 Å². The maximum absolute atomic E-state index is 11.0. The van der Waals surface area contributed by atoms with E-state index in [1.54, 1.807) is 18.2 Å². The van der Waals surface area contributed by atoms with Crippen molar-refractivity contribution >= 4 is 11.7 Å². The van der Waals surface area contributed by atoms with Crippen molar-refractivity contribution in [3.63, 3.8) is 0 Å². The number of nitrogens with one attached hydrogen (secondary N) is 1. The summed E-state index contributed by atoms with van der Waals surface area (Å²) >= 11 is 0. The Labute approximate surface area is 123 Å². The summed E-state index contributed by atoms with van der Waals surface area (Å²) < 4.78 is 0. The molecule has 0 aliphatic heterocycles. The zero-order valence-corrected chi connectivity index (χ0v) is 11.6. The molecule has 5 heteroatoms. The second-order valence-corrected chi connectivity index (χ2v) is 4.84. The Balaban J connectivity index is 2.11. The van der Waals surface area contributed by atoms with Gasteiger partial charge in [0.25, 0.3) is 0 Å². The zero-order valence-electron chi connectivity index (χ0n) is 11.6. The highest BCUT2D eigenvalue weighted by atomic mass is 16.4. The molecule has 0 saturated heterocycles. The molecule has 0 aromatic heterocycles. The SMILES string of the molecule is NC[C@H](N)CNc1ccc(-c2cccc(C(=O)O)c2)cc1. The van der Waals surface area contributed by atoms with Gasteiger partial charge in [0.15, 0.2) is 0 Å². The van der Waals surface area contributed by atoms with Crippen LogP contribution in [0.4, 0.5) is 5.69 Å². The lowest BCUT2D eigenvalue weighted by atomic mass is 10.0. The second kappa shape index (κ2) is 6.88. The lowest BCUT2D eigenvalue weighted by Gasteiger charge is -2.12. The van der Waals surface area contributed by atoms with Gasteiger partial charge in [-0.05, 0) is 35.4 Å². The minimum Gasteiger partial charge on any atom is -0.478 e. The predicted octanol–water partition coefficient (Wildman–Crippen LogP) is 1.75. The molecule has 0 bridgehead atoms. The number of carbonyl (C=O) groups is 1. The van der Waals surface area contributed by atoms with Crippen LogP contribution >= 0.6 is 0 Å². The van der Waals surface area contributed by atoms with Crippen molar-refractivity contribution in [3.05, 3.63) is 54.1 Å². The number of anilines is 1. The van der Waals surface area contributed by atoms with E-state index in [2.05, 4.69) is 5.32 Å². The van der Waals surface area contributed by atoms with Crippen molar-refractivity contribution in [2.75, 3.05) is 18.4 Å². The maximum Gasteiger partial charge on any atom is 0.335 e. The highest BCUT2D eigenvalue weighted by Gasteiger charge is 2.05. The molecule has 0 radical (unpaired) electrons. The van der Waals surface area contributed by atoms with E-state index in [0.717, 1.165) is 16.8 Å². The lowest BCUT2D eigenvalue weighted by Crippen LogP contribution is -2.36. The van der Waals surface area contributed by atoms with Crippen LogP contribution in [0.2, 0.25) is 0 Å². The van der Waals surface area contributed by atoms with Gasteiger partial charge < -0.3 is 21.9 Å². The van der Waals surface area contributed by atoms with Crippen LogP contribution in [-0.4, -0.2) is 30.2 Å². The van der Waals surface area contributed by atoms with E-state index >= 15 is 0 Å². The minimum absolute atomic E-state index is 0.0723. The average molecular weight is 285 g/mol. The third kappa shape index (κ3) is 4.05. The van der Waals surface area contributed by atoms with E-state index in [-0.39, 0.29) is 11.6 Å². The first-order chi connectivity index (χ1) is 10.1. The Hall–Kier alpha value is -2.37. The molecule has 0 saturated carbocycles. The summed E-state index contributed by atoms with van der Waals surface area (Å²) in [6.07, 6.45) is 0. The quantitative estimate of drug-likeness (QED) is 0.647. The van der Waals surface area contributed by atoms with Gasteiger partial charge in [0.05, 0.1) is 5.56 Å². The van der Waals surface area contributed by atoms with Crippen LogP contribution in [-0.2, 0) is 0 Å². The summed E-state index contributed by atoms with van der Waals surface area (Å²) in [6, 6.07) is 14.6. The van der Waals surface area contributed by atoms with E-state index in [1.807, 2.05) is 30.3 Å². The molecule has 0 heterocycles. The van der Waals surface area contributed by atoms with Crippen LogP contribution in [0.3, 0.4) is 0 Å². The van der Waals surface area contributed by atoms with E-state index in [9.17, 15) is 4.79 Å². The molecule has 2 rings (SSSR count). The molecule has 0 fully saturated rings. The Morgan fingerprint density at radius 3 is 2.48 bits per heavy atom. The molecule has 110 valence electrons. The largest absolute Gasteiger partial charge is 0.478 e. The number of nitrogens with two attached hydrogens (primary N) is 2. The average Bonchev–Trinajstić information content (AvgIpc) is 2.53. The van der Waals surface area contributed by atoms with Gasteiger partial charge in [-0.2, -0.15) is 0 Å². The number of hydrogen-bond donors (Lipinski definition) is 4. The minimum atomic E-state index is -0.925. The standard InChI is InChI=1S/C16H19N3O2/c17-9-14(18)10-19-15-6-4-11(5-7-15)12-2-1-3-13(8-12)16(20)21/h1-8,14,19H,9-10,17-18H2,(H,20,21)/t14-/m0/s1. The van der Waals surface area contributed by atoms with Crippen molar-refractivity contribution in [2.24, 2.45) is 11.5 Å². The third-order valence-corrected chi connectivity index (χ3v) is 3.20. The van der Waals surface area contributed by atoms with Crippen molar-refractivity contribution in [3.8, 4) is 11.1 Å². The molecule has 0 unspecified atom stereocenters. The van der Waals surface area contributed by atoms with Crippen molar-refractivity contribution in [1.29, 1.82) is 0 Å². The molecule has 0 aliphatic carbocycles. The van der Waals surface area contributed by atoms with Crippen LogP contribution < -0.4 is 16.8 Å². The van der Waals surface area contributed by atoms with Crippen molar-refractivity contribution in [1.82, 2.24) is 0 Å². The maximum atomic E-state index is 11.0. The van der Waals surface area contributed by atoms with Crippen LogP contribution in [0.25, 0.3) is 11.1 Å². The number of rotatable bonds is 6. The van der Waals surface area contributed by atoms with Gasteiger partial charge in [0.1, 0.15) is 0 Å². The summed E-state index contributed by atoms with van der Waals surface area (Å²) in [5, 5.41) is 12.2. The number of carboxylic acid groups (broad SMARTS) is 1. The molecule has 6 N–H and O–H groups in total. The van der Waals surface area contributed by atoms with Crippen molar-refractivity contribution in [2.45, 2.75) is 6.04 Å². The summed E-state index contributed by atoms with van der Waals surface area (Å²) in [5.74, 6) is -0.925. The first-order valence-corrected chi connectivity index (χ1v) is 6.73. The first-order valence-electron chi connectivity index (χ1n) is 6.73. The van der Waals surface area contributed by atoms with Gasteiger partial charge in [-0.15, -0.1) is 0 Å². The van der Waals surface area contributed by atoms with Gasteiger partial charge in [0, 0.05) is 24.8 Å². The normalized spacial score (nSPS) is 11.9. The van der Waals surface area contributed by atoms with Crippen LogP contribution in [0, 0.1) is 0 Å². The molecule has 2 aromatic carbocycles. The lowest BCUT2D eigenvalue weighted by molar-refractivity contribution is 0.0697. The summed E-state index contributed by atoms with van der Waals surface area (Å²) in [6.45, 7) is 1.05. The molecule has 2 aromatic rings. The van der Waals surface area contributed by atoms with Crippen LogP contribution in [0.1, 0.15) is 10.4 Å². The Morgan fingerprint density at radius 2 is 1.86 bits per heavy atom. The van der Waals surface area contributed by atoms with E-state index in [4.69, 9.17) is 16.6 Å². The summed E-state index contributed by atoms with van der Waals surface area (Å²) in [4.78, 5) is 11.0. The smallest absolute Gasteiger partial charge is 0.335 e. The van der Waals surface area contributed by atoms with Crippen molar-refractivity contribution < 1.29 is 9.90 Å². The second-order valence-electron chi connectivity index (χ2n) is 4.84. The zero-order chi connectivity index (χ0) is 15.2. The predicted molar refractivity (Wildman–Crippen MR) is 84.4 cm³/mol. The summed E-state index contributed by atoms with van der Waals surface area (Å²) in [5.41, 5.74) is 14.3. The molecular weight excluding hydrogens is 266 g/mol. The van der Waals surface area contributed by atoms with E-state index in [1.165, 1.54) is 0 Å². The van der Waals surface area contributed by atoms with E-state index in [0.29, 0.717) is 13.1 Å². The molecule has 1 atom stereocenters. The Morgan fingerprint density at radius 1 is 1.14 bits per heavy atom. The Kier molecular flexibility index (Phi) is 4.92. The van der Waals surface area contributed by atoms with Gasteiger partial charge in [-0.25, -0.2) is 4.79 Å². The molecular formula is C16H19N3O2. The summed E-state index contributed by atoms with van der Waals surface area (Å²) in [7, 11) is 0. The fourth-order valence-corrected chi connectivity index (χ4v) is 1.94.